The molecule has 0 aromatic carbocycles. The number of carbonyl (C=O) groups excluding carboxylic acids is 1. The van der Waals surface area contributed by atoms with Crippen molar-refractivity contribution in [1.29, 1.82) is 0 Å². The van der Waals surface area contributed by atoms with Gasteiger partial charge >= 0.3 is 6.03 Å². The third-order valence-electron chi connectivity index (χ3n) is 5.58. The number of anilines is 1. The maximum atomic E-state index is 12.3. The molecule has 1 aromatic rings. The van der Waals surface area contributed by atoms with Crippen LogP contribution in [0, 0.1) is 17.8 Å². The Hall–Kier alpha value is -2.16. The van der Waals surface area contributed by atoms with Crippen LogP contribution in [0.3, 0.4) is 0 Å². The lowest BCUT2D eigenvalue weighted by atomic mass is 9.83. The van der Waals surface area contributed by atoms with Gasteiger partial charge in [0, 0.05) is 32.1 Å². The Morgan fingerprint density at radius 1 is 1.28 bits per heavy atom. The maximum absolute atomic E-state index is 12.3. The highest BCUT2D eigenvalue weighted by atomic mass is 32.2. The number of likely N-dealkylation sites (tertiary alicyclic amines) is 1. The molecule has 0 bridgehead atoms. The molecule has 1 aliphatic heterocycles. The van der Waals surface area contributed by atoms with Gasteiger partial charge in [-0.15, -0.1) is 0 Å². The summed E-state index contributed by atoms with van der Waals surface area (Å²) >= 11 is 0. The Balaban J connectivity index is 1.72. The second-order valence-corrected chi connectivity index (χ2v) is 10.2. The van der Waals surface area contributed by atoms with Crippen LogP contribution in [-0.2, 0) is 9.84 Å². The number of nitrogens with one attached hydrogen (secondary N) is 2. The van der Waals surface area contributed by atoms with Gasteiger partial charge in [-0.05, 0) is 43.2 Å². The lowest BCUT2D eigenvalue weighted by molar-refractivity contribution is -0.123. The van der Waals surface area contributed by atoms with Crippen LogP contribution in [0.1, 0.15) is 40.0 Å². The number of amidine groups is 1. The number of urea groups is 1. The van der Waals surface area contributed by atoms with E-state index in [0.717, 1.165) is 38.9 Å². The molecule has 1 atom stereocenters. The average Bonchev–Trinajstić information content (AvgIpc) is 2.67. The minimum absolute atomic E-state index is 0.104. The molecule has 0 unspecified atom stereocenters. The highest BCUT2D eigenvalue weighted by Crippen LogP contribution is 2.27. The quantitative estimate of drug-likeness (QED) is 0.448. The fraction of sp³-hybridized carbons (Fsp3) is 0.650. The third kappa shape index (κ3) is 6.99. The van der Waals surface area contributed by atoms with Gasteiger partial charge in [-0.3, -0.25) is 5.41 Å². The number of aromatic nitrogens is 1. The van der Waals surface area contributed by atoms with Gasteiger partial charge in [0.1, 0.15) is 5.82 Å². The summed E-state index contributed by atoms with van der Waals surface area (Å²) in [4.78, 5) is 18.5. The predicted octanol–water partition coefficient (Wildman–Crippen LogP) is 1.16. The van der Waals surface area contributed by atoms with Crippen molar-refractivity contribution in [3.05, 3.63) is 18.3 Å². The Morgan fingerprint density at radius 2 is 1.93 bits per heavy atom. The number of carbonyl (C=O) groups is 1. The first kappa shape index (κ1) is 23.1. The number of pyridine rings is 1. The lowest BCUT2D eigenvalue weighted by Gasteiger charge is -2.33. The maximum Gasteiger partial charge on any atom is 0.408 e. The molecule has 0 radical (unpaired) electrons. The average molecular weight is 425 g/mol. The van der Waals surface area contributed by atoms with Crippen molar-refractivity contribution >= 4 is 27.5 Å². The molecule has 29 heavy (non-hydrogen) atoms. The van der Waals surface area contributed by atoms with E-state index >= 15 is 0 Å². The van der Waals surface area contributed by atoms with Crippen molar-refractivity contribution in [2.24, 2.45) is 17.8 Å². The zero-order chi connectivity index (χ0) is 21.6. The predicted molar refractivity (Wildman–Crippen MR) is 114 cm³/mol. The van der Waals surface area contributed by atoms with Gasteiger partial charge in [-0.1, -0.05) is 20.8 Å². The topological polar surface area (TPSA) is 117 Å². The summed E-state index contributed by atoms with van der Waals surface area (Å²) in [6.45, 7) is 8.41. The molecule has 1 fully saturated rings. The number of sulfone groups is 1. The zero-order valence-electron chi connectivity index (χ0n) is 17.8. The fourth-order valence-corrected chi connectivity index (χ4v) is 3.95. The van der Waals surface area contributed by atoms with E-state index in [1.54, 1.807) is 12.1 Å². The van der Waals surface area contributed by atoms with Gasteiger partial charge in [0.05, 0.1) is 10.8 Å². The van der Waals surface area contributed by atoms with Crippen LogP contribution in [0.15, 0.2) is 23.2 Å². The van der Waals surface area contributed by atoms with Crippen LogP contribution < -0.4 is 16.0 Å². The van der Waals surface area contributed by atoms with Gasteiger partial charge in [-0.25, -0.2) is 18.2 Å². The van der Waals surface area contributed by atoms with Crippen LogP contribution in [0.4, 0.5) is 10.6 Å². The van der Waals surface area contributed by atoms with Crippen LogP contribution in [-0.4, -0.2) is 56.1 Å². The molecule has 2 amide bonds. The largest absolute Gasteiger partial charge is 0.408 e. The summed E-state index contributed by atoms with van der Waals surface area (Å²) in [6, 6.07) is 3.16. The van der Waals surface area contributed by atoms with Crippen molar-refractivity contribution in [1.82, 2.24) is 15.2 Å². The van der Waals surface area contributed by atoms with Gasteiger partial charge in [0.25, 0.3) is 5.84 Å². The third-order valence-corrected chi connectivity index (χ3v) is 6.67. The molecule has 1 saturated heterocycles. The van der Waals surface area contributed by atoms with Crippen LogP contribution in [0.2, 0.25) is 0 Å². The molecule has 2 heterocycles. The number of rotatable bonds is 7. The molecule has 162 valence electrons. The summed E-state index contributed by atoms with van der Waals surface area (Å²) in [5, 5.41) is 11.9. The van der Waals surface area contributed by atoms with E-state index in [1.807, 2.05) is 18.7 Å². The van der Waals surface area contributed by atoms with E-state index in [9.17, 15) is 13.2 Å². The smallest absolute Gasteiger partial charge is 0.370 e. The number of piperidine rings is 1. The van der Waals surface area contributed by atoms with E-state index in [1.165, 1.54) is 12.5 Å². The molecule has 4 N–H and O–H groups in total. The first-order valence-electron chi connectivity index (χ1n) is 10.2. The Labute approximate surface area is 173 Å². The van der Waals surface area contributed by atoms with Gasteiger partial charge in [0.2, 0.25) is 0 Å². The van der Waals surface area contributed by atoms with E-state index in [-0.39, 0.29) is 16.8 Å². The molecule has 1 aliphatic rings. The Morgan fingerprint density at radius 3 is 2.45 bits per heavy atom. The SMILES string of the molecule is CC(C)C(=[NH2+])NC(=O)N1CCC([C@H](C)CCNc2ccc(S(C)(=O)=O)cn2)CC1. The molecule has 0 saturated carbocycles. The zero-order valence-corrected chi connectivity index (χ0v) is 18.6. The van der Waals surface area contributed by atoms with E-state index in [4.69, 9.17) is 5.41 Å². The molecule has 2 rings (SSSR count). The monoisotopic (exact) mass is 424 g/mol. The Bertz CT molecular complexity index is 800. The number of nitrogens with two attached hydrogens (primary N) is 1. The minimum Gasteiger partial charge on any atom is -0.370 e. The highest BCUT2D eigenvalue weighted by molar-refractivity contribution is 7.90. The number of amides is 2. The first-order valence-corrected chi connectivity index (χ1v) is 12.0. The number of hydrogen-bond donors (Lipinski definition) is 3. The Kier molecular flexibility index (Phi) is 8.01. The number of hydrogen-bond acceptors (Lipinski definition) is 5. The van der Waals surface area contributed by atoms with Crippen LogP contribution >= 0.6 is 0 Å². The van der Waals surface area contributed by atoms with Crippen molar-refractivity contribution in [2.75, 3.05) is 31.2 Å². The van der Waals surface area contributed by atoms with Gasteiger partial charge < -0.3 is 10.2 Å². The summed E-state index contributed by atoms with van der Waals surface area (Å²) < 4.78 is 22.9. The van der Waals surface area contributed by atoms with E-state index in [2.05, 4.69) is 22.5 Å². The summed E-state index contributed by atoms with van der Waals surface area (Å²) in [6.07, 6.45) is 5.51. The van der Waals surface area contributed by atoms with Crippen molar-refractivity contribution in [2.45, 2.75) is 44.9 Å². The summed E-state index contributed by atoms with van der Waals surface area (Å²) in [5.74, 6) is 2.41. The number of nitrogens with zero attached hydrogens (tertiary/aromatic N) is 2. The second kappa shape index (κ2) is 10.0. The van der Waals surface area contributed by atoms with E-state index < -0.39 is 9.84 Å². The molecular formula is C20H34N5O3S+. The van der Waals surface area contributed by atoms with Crippen molar-refractivity contribution < 1.29 is 18.6 Å². The van der Waals surface area contributed by atoms with Gasteiger partial charge in [-0.2, -0.15) is 5.32 Å². The molecule has 8 nitrogen and oxygen atoms in total. The molecule has 0 spiro atoms. The molecule has 1 aromatic heterocycles. The van der Waals surface area contributed by atoms with Crippen LogP contribution in [0.25, 0.3) is 0 Å². The normalized spacial score (nSPS) is 16.5. The van der Waals surface area contributed by atoms with Gasteiger partial charge in [0.15, 0.2) is 9.84 Å². The lowest BCUT2D eigenvalue weighted by Crippen LogP contribution is -2.57. The van der Waals surface area contributed by atoms with Crippen LogP contribution in [0.5, 0.6) is 0 Å². The summed E-state index contributed by atoms with van der Waals surface area (Å²) in [5.41, 5.74) is 0. The second-order valence-electron chi connectivity index (χ2n) is 8.21. The first-order chi connectivity index (χ1) is 13.6. The molecule has 9 heteroatoms. The molecule has 0 aliphatic carbocycles. The molecular weight excluding hydrogens is 390 g/mol. The van der Waals surface area contributed by atoms with E-state index in [0.29, 0.717) is 23.5 Å². The van der Waals surface area contributed by atoms with Crippen molar-refractivity contribution in [3.63, 3.8) is 0 Å². The fourth-order valence-electron chi connectivity index (χ4n) is 3.39. The standard InChI is InChI=1S/C20H33N5O3S/c1-14(2)19(21)24-20(26)25-11-8-16(9-12-25)15(3)7-10-22-18-6-5-17(13-23-18)29(4,27)28/h5-6,13-16H,7-12H2,1-4H3,(H,22,23)(H2,21,24,26)/p+1/t15-/m1/s1. The highest BCUT2D eigenvalue weighted by Gasteiger charge is 2.29. The summed E-state index contributed by atoms with van der Waals surface area (Å²) in [7, 11) is -3.22. The van der Waals surface area contributed by atoms with Crippen molar-refractivity contribution in [3.8, 4) is 0 Å². The minimum atomic E-state index is -3.22.